The van der Waals surface area contributed by atoms with Crippen LogP contribution in [0.3, 0.4) is 0 Å². The van der Waals surface area contributed by atoms with Gasteiger partial charge >= 0.3 is 0 Å². The molecule has 5 heteroatoms. The summed E-state index contributed by atoms with van der Waals surface area (Å²) in [6, 6.07) is 7.08. The number of nitrogens with one attached hydrogen (secondary N) is 2. The van der Waals surface area contributed by atoms with E-state index in [0.29, 0.717) is 18.1 Å². The van der Waals surface area contributed by atoms with E-state index in [0.717, 1.165) is 22.9 Å². The van der Waals surface area contributed by atoms with Crippen molar-refractivity contribution in [3.8, 4) is 0 Å². The Balaban J connectivity index is 1.53. The summed E-state index contributed by atoms with van der Waals surface area (Å²) in [6.45, 7) is 0. The van der Waals surface area contributed by atoms with E-state index in [4.69, 9.17) is 0 Å². The molecule has 2 aliphatic heterocycles. The molecule has 0 unspecified atom stereocenters. The van der Waals surface area contributed by atoms with Gasteiger partial charge in [-0.25, -0.2) is 0 Å². The second kappa shape index (κ2) is 4.28. The minimum atomic E-state index is 0.0347. The van der Waals surface area contributed by atoms with Crippen LogP contribution in [0.1, 0.15) is 29.6 Å². The van der Waals surface area contributed by atoms with Gasteiger partial charge in [0.05, 0.1) is 5.52 Å². The minimum Gasteiger partial charge on any atom is -0.348 e. The molecule has 4 rings (SSSR count). The second-order valence-electron chi connectivity index (χ2n) is 5.45. The molecule has 0 saturated carbocycles. The second-order valence-corrected chi connectivity index (χ2v) is 6.08. The number of nitrogens with zero attached hydrogens (tertiary/aromatic N) is 1. The molecule has 4 nitrogen and oxygen atoms in total. The molecule has 3 atom stereocenters. The molecule has 2 N–H and O–H groups in total. The molecule has 2 bridgehead atoms. The van der Waals surface area contributed by atoms with Crippen LogP contribution in [-0.2, 0) is 0 Å². The Hall–Kier alpha value is -1.46. The third-order valence-corrected chi connectivity index (χ3v) is 4.90. The molecule has 2 aromatic rings. The molecular formula is C14H15N3OS. The highest BCUT2D eigenvalue weighted by Gasteiger charge is 2.39. The van der Waals surface area contributed by atoms with Crippen LogP contribution in [-0.4, -0.2) is 28.4 Å². The number of hydrogen-bond donors (Lipinski definition) is 2. The van der Waals surface area contributed by atoms with E-state index < -0.39 is 0 Å². The Bertz CT molecular complexity index is 638. The normalized spacial score (nSPS) is 28.9. The predicted molar refractivity (Wildman–Crippen MR) is 75.4 cm³/mol. The Morgan fingerprint density at radius 1 is 1.42 bits per heavy atom. The average molecular weight is 273 g/mol. The van der Waals surface area contributed by atoms with E-state index >= 15 is 0 Å². The Labute approximate surface area is 115 Å². The van der Waals surface area contributed by atoms with Gasteiger partial charge < -0.3 is 10.6 Å². The molecule has 2 fully saturated rings. The summed E-state index contributed by atoms with van der Waals surface area (Å²) < 4.78 is 4.25. The van der Waals surface area contributed by atoms with Crippen molar-refractivity contribution in [2.75, 3.05) is 0 Å². The molecule has 1 amide bonds. The summed E-state index contributed by atoms with van der Waals surface area (Å²) in [4.78, 5) is 12.3. The van der Waals surface area contributed by atoms with Gasteiger partial charge in [-0.3, -0.25) is 4.79 Å². The van der Waals surface area contributed by atoms with Crippen molar-refractivity contribution < 1.29 is 4.79 Å². The molecule has 98 valence electrons. The standard InChI is InChI=1S/C14H15N3OS/c18-14(16-13-6-10-2-4-12(13)15-10)8-1-3-11-9(5-8)7-19-17-11/h1,3,5,7,10,12-13,15H,2,4,6H2,(H,16,18)/t10-,12+,13-/m1/s1. The van der Waals surface area contributed by atoms with Gasteiger partial charge in [-0.1, -0.05) is 0 Å². The van der Waals surface area contributed by atoms with Gasteiger partial charge in [0, 0.05) is 34.5 Å². The first-order valence-electron chi connectivity index (χ1n) is 6.71. The maximum Gasteiger partial charge on any atom is 0.251 e. The lowest BCUT2D eigenvalue weighted by molar-refractivity contribution is 0.0931. The van der Waals surface area contributed by atoms with Crippen molar-refractivity contribution in [2.24, 2.45) is 0 Å². The van der Waals surface area contributed by atoms with Crippen LogP contribution in [0, 0.1) is 0 Å². The lowest BCUT2D eigenvalue weighted by Gasteiger charge is -2.21. The van der Waals surface area contributed by atoms with Crippen molar-refractivity contribution >= 4 is 28.3 Å². The fourth-order valence-corrected chi connectivity index (χ4v) is 3.88. The highest BCUT2D eigenvalue weighted by atomic mass is 32.1. The Kier molecular flexibility index (Phi) is 2.56. The topological polar surface area (TPSA) is 54.0 Å². The lowest BCUT2D eigenvalue weighted by atomic mass is 9.95. The molecule has 1 aromatic carbocycles. The summed E-state index contributed by atoms with van der Waals surface area (Å²) >= 11 is 1.42. The monoisotopic (exact) mass is 273 g/mol. The number of carbonyl (C=O) groups excluding carboxylic acids is 1. The van der Waals surface area contributed by atoms with Crippen LogP contribution in [0.4, 0.5) is 0 Å². The van der Waals surface area contributed by atoms with Gasteiger partial charge in [0.1, 0.15) is 0 Å². The SMILES string of the molecule is O=C(N[C@@H]1C[C@H]2CC[C@@H]1N2)c1ccc2nscc2c1. The molecule has 2 aliphatic rings. The molecule has 0 aliphatic carbocycles. The van der Waals surface area contributed by atoms with Gasteiger partial charge in [0.25, 0.3) is 5.91 Å². The average Bonchev–Trinajstić information content (AvgIpc) is 3.13. The minimum absolute atomic E-state index is 0.0347. The van der Waals surface area contributed by atoms with Gasteiger partial charge in [-0.05, 0) is 49.0 Å². The molecular weight excluding hydrogens is 258 g/mol. The number of benzene rings is 1. The van der Waals surface area contributed by atoms with Crippen molar-refractivity contribution in [3.05, 3.63) is 29.1 Å². The highest BCUT2D eigenvalue weighted by Crippen LogP contribution is 2.28. The van der Waals surface area contributed by atoms with Crippen LogP contribution in [0.5, 0.6) is 0 Å². The predicted octanol–water partition coefficient (Wildman–Crippen LogP) is 1.92. The quantitative estimate of drug-likeness (QED) is 0.879. The fourth-order valence-electron chi connectivity index (χ4n) is 3.25. The molecule has 0 radical (unpaired) electrons. The van der Waals surface area contributed by atoms with Crippen LogP contribution >= 0.6 is 11.5 Å². The van der Waals surface area contributed by atoms with Gasteiger partial charge in [0.2, 0.25) is 0 Å². The maximum atomic E-state index is 12.3. The first-order valence-corrected chi connectivity index (χ1v) is 7.54. The smallest absolute Gasteiger partial charge is 0.251 e. The van der Waals surface area contributed by atoms with Crippen LogP contribution in [0.25, 0.3) is 10.9 Å². The van der Waals surface area contributed by atoms with Gasteiger partial charge in [-0.15, -0.1) is 0 Å². The van der Waals surface area contributed by atoms with E-state index in [2.05, 4.69) is 15.0 Å². The van der Waals surface area contributed by atoms with E-state index in [-0.39, 0.29) is 5.91 Å². The summed E-state index contributed by atoms with van der Waals surface area (Å²) in [5.41, 5.74) is 1.69. The zero-order chi connectivity index (χ0) is 12.8. The summed E-state index contributed by atoms with van der Waals surface area (Å²) in [7, 11) is 0. The molecule has 0 spiro atoms. The number of carbonyl (C=O) groups is 1. The zero-order valence-electron chi connectivity index (χ0n) is 10.4. The van der Waals surface area contributed by atoms with Crippen molar-refractivity contribution in [3.63, 3.8) is 0 Å². The number of aromatic nitrogens is 1. The molecule has 1 aromatic heterocycles. The largest absolute Gasteiger partial charge is 0.348 e. The van der Waals surface area contributed by atoms with Gasteiger partial charge in [-0.2, -0.15) is 4.37 Å². The number of fused-ring (bicyclic) bond motifs is 3. The lowest BCUT2D eigenvalue weighted by Crippen LogP contribution is -2.42. The summed E-state index contributed by atoms with van der Waals surface area (Å²) in [6.07, 6.45) is 3.51. The number of rotatable bonds is 2. The maximum absolute atomic E-state index is 12.3. The van der Waals surface area contributed by atoms with Crippen molar-refractivity contribution in [1.29, 1.82) is 0 Å². The van der Waals surface area contributed by atoms with E-state index in [1.807, 2.05) is 23.6 Å². The van der Waals surface area contributed by atoms with Crippen LogP contribution in [0.15, 0.2) is 23.6 Å². The zero-order valence-corrected chi connectivity index (χ0v) is 11.2. The highest BCUT2D eigenvalue weighted by molar-refractivity contribution is 7.04. The first-order chi connectivity index (χ1) is 9.29. The number of hydrogen-bond acceptors (Lipinski definition) is 4. The van der Waals surface area contributed by atoms with E-state index in [1.165, 1.54) is 24.4 Å². The van der Waals surface area contributed by atoms with Crippen LogP contribution < -0.4 is 10.6 Å². The third-order valence-electron chi connectivity index (χ3n) is 4.24. The number of amides is 1. The Morgan fingerprint density at radius 3 is 3.16 bits per heavy atom. The van der Waals surface area contributed by atoms with Crippen LogP contribution in [0.2, 0.25) is 0 Å². The molecule has 3 heterocycles. The third kappa shape index (κ3) is 1.93. The van der Waals surface area contributed by atoms with E-state index in [9.17, 15) is 4.79 Å². The van der Waals surface area contributed by atoms with E-state index in [1.54, 1.807) is 0 Å². The first kappa shape index (κ1) is 11.4. The van der Waals surface area contributed by atoms with Crippen molar-refractivity contribution in [2.45, 2.75) is 37.4 Å². The van der Waals surface area contributed by atoms with Crippen molar-refractivity contribution in [1.82, 2.24) is 15.0 Å². The summed E-state index contributed by atoms with van der Waals surface area (Å²) in [5.74, 6) is 0.0347. The molecule has 2 saturated heterocycles. The Morgan fingerprint density at radius 2 is 2.37 bits per heavy atom. The van der Waals surface area contributed by atoms with Gasteiger partial charge in [0.15, 0.2) is 0 Å². The summed E-state index contributed by atoms with van der Waals surface area (Å²) in [5, 5.41) is 9.72. The molecule has 19 heavy (non-hydrogen) atoms. The fraction of sp³-hybridized carbons (Fsp3) is 0.429.